The zero-order chi connectivity index (χ0) is 21.3. The van der Waals surface area contributed by atoms with Crippen molar-refractivity contribution in [2.75, 3.05) is 4.90 Å². The SMILES string of the molecule is Cc1ccc(C)c(CN2C(=O)C(O)(CC(=O)/C=C/c3ccco3)c3ccccc32)c1. The van der Waals surface area contributed by atoms with Gasteiger partial charge in [0.15, 0.2) is 11.4 Å². The monoisotopic (exact) mass is 401 g/mol. The van der Waals surface area contributed by atoms with Gasteiger partial charge in [0.05, 0.1) is 24.9 Å². The standard InChI is InChI=1S/C25H23NO4/c1-17-9-10-18(2)19(14-17)16-26-23-8-4-3-7-22(23)25(29,24(26)28)15-20(27)11-12-21-6-5-13-30-21/h3-14,29H,15-16H2,1-2H3/b12-11+. The molecule has 2 heterocycles. The van der Waals surface area contributed by atoms with Gasteiger partial charge in [0.25, 0.3) is 5.91 Å². The average Bonchev–Trinajstić information content (AvgIpc) is 3.32. The molecule has 0 fully saturated rings. The van der Waals surface area contributed by atoms with Crippen LogP contribution in [0.1, 0.15) is 34.4 Å². The molecule has 2 aromatic carbocycles. The molecule has 1 aliphatic heterocycles. The van der Waals surface area contributed by atoms with Crippen LogP contribution in [0.5, 0.6) is 0 Å². The number of furan rings is 1. The summed E-state index contributed by atoms with van der Waals surface area (Å²) in [5.74, 6) is -0.306. The van der Waals surface area contributed by atoms with Crippen LogP contribution in [0.25, 0.3) is 6.08 Å². The van der Waals surface area contributed by atoms with Gasteiger partial charge < -0.3 is 14.4 Å². The molecule has 0 saturated carbocycles. The number of hydrogen-bond donors (Lipinski definition) is 1. The Hall–Kier alpha value is -3.44. The molecular weight excluding hydrogens is 378 g/mol. The lowest BCUT2D eigenvalue weighted by atomic mass is 9.90. The Morgan fingerprint density at radius 2 is 1.93 bits per heavy atom. The summed E-state index contributed by atoms with van der Waals surface area (Å²) in [7, 11) is 0. The maximum atomic E-state index is 13.3. The lowest BCUT2D eigenvalue weighted by molar-refractivity contribution is -0.140. The van der Waals surface area contributed by atoms with Crippen LogP contribution in [0.15, 0.2) is 71.4 Å². The van der Waals surface area contributed by atoms with Crippen molar-refractivity contribution in [3.63, 3.8) is 0 Å². The number of para-hydroxylation sites is 1. The van der Waals surface area contributed by atoms with Gasteiger partial charge in [0.1, 0.15) is 5.76 Å². The first-order chi connectivity index (χ1) is 14.4. The molecule has 30 heavy (non-hydrogen) atoms. The van der Waals surface area contributed by atoms with Crippen LogP contribution < -0.4 is 4.90 Å². The molecular formula is C25H23NO4. The van der Waals surface area contributed by atoms with E-state index in [-0.39, 0.29) is 12.2 Å². The topological polar surface area (TPSA) is 70.8 Å². The van der Waals surface area contributed by atoms with E-state index in [1.54, 1.807) is 35.2 Å². The van der Waals surface area contributed by atoms with Crippen LogP contribution in [0, 0.1) is 13.8 Å². The first-order valence-electron chi connectivity index (χ1n) is 9.83. The molecule has 3 aromatic rings. The summed E-state index contributed by atoms with van der Waals surface area (Å²) in [4.78, 5) is 27.5. The van der Waals surface area contributed by atoms with Gasteiger partial charge in [-0.25, -0.2) is 0 Å². The normalized spacial score (nSPS) is 18.2. The highest BCUT2D eigenvalue weighted by atomic mass is 16.3. The second kappa shape index (κ2) is 7.76. The molecule has 0 aliphatic carbocycles. The maximum absolute atomic E-state index is 13.3. The molecule has 0 saturated heterocycles. The summed E-state index contributed by atoms with van der Waals surface area (Å²) >= 11 is 0. The highest BCUT2D eigenvalue weighted by Crippen LogP contribution is 2.43. The number of rotatable bonds is 6. The van der Waals surface area contributed by atoms with Crippen molar-refractivity contribution in [3.05, 3.63) is 95.0 Å². The number of aliphatic hydroxyl groups is 1. The van der Waals surface area contributed by atoms with Gasteiger partial charge in [-0.1, -0.05) is 42.0 Å². The van der Waals surface area contributed by atoms with E-state index in [0.29, 0.717) is 23.6 Å². The van der Waals surface area contributed by atoms with Crippen molar-refractivity contribution in [1.29, 1.82) is 0 Å². The Labute approximate surface area is 175 Å². The van der Waals surface area contributed by atoms with E-state index in [1.807, 2.05) is 38.1 Å². The molecule has 1 aromatic heterocycles. The van der Waals surface area contributed by atoms with Gasteiger partial charge in [-0.05, 0) is 55.3 Å². The summed E-state index contributed by atoms with van der Waals surface area (Å²) < 4.78 is 5.18. The number of benzene rings is 2. The number of carbonyl (C=O) groups excluding carboxylic acids is 2. The van der Waals surface area contributed by atoms with Crippen molar-refractivity contribution in [2.24, 2.45) is 0 Å². The molecule has 1 atom stereocenters. The number of fused-ring (bicyclic) bond motifs is 1. The van der Waals surface area contributed by atoms with E-state index in [4.69, 9.17) is 4.42 Å². The number of amides is 1. The number of aryl methyl sites for hydroxylation is 2. The van der Waals surface area contributed by atoms with Crippen LogP contribution in [-0.4, -0.2) is 16.8 Å². The molecule has 152 valence electrons. The fourth-order valence-corrected chi connectivity index (χ4v) is 3.85. The summed E-state index contributed by atoms with van der Waals surface area (Å²) in [5.41, 5.74) is 2.38. The van der Waals surface area contributed by atoms with Gasteiger partial charge >= 0.3 is 0 Å². The van der Waals surface area contributed by atoms with Gasteiger partial charge in [-0.2, -0.15) is 0 Å². The minimum Gasteiger partial charge on any atom is -0.465 e. The first-order valence-corrected chi connectivity index (χ1v) is 9.83. The van der Waals surface area contributed by atoms with Crippen LogP contribution in [0.4, 0.5) is 5.69 Å². The molecule has 0 radical (unpaired) electrons. The quantitative estimate of drug-likeness (QED) is 0.625. The van der Waals surface area contributed by atoms with E-state index in [2.05, 4.69) is 0 Å². The van der Waals surface area contributed by atoms with Crippen LogP contribution in [-0.2, 0) is 21.7 Å². The van der Waals surface area contributed by atoms with E-state index >= 15 is 0 Å². The van der Waals surface area contributed by atoms with Crippen LogP contribution in [0.3, 0.4) is 0 Å². The predicted octanol–water partition coefficient (Wildman–Crippen LogP) is 4.30. The summed E-state index contributed by atoms with van der Waals surface area (Å²) in [6.07, 6.45) is 4.05. The molecule has 1 N–H and O–H groups in total. The zero-order valence-corrected chi connectivity index (χ0v) is 17.0. The molecule has 0 bridgehead atoms. The number of nitrogens with zero attached hydrogens (tertiary/aromatic N) is 1. The highest BCUT2D eigenvalue weighted by molar-refractivity contribution is 6.10. The van der Waals surface area contributed by atoms with E-state index in [1.165, 1.54) is 18.4 Å². The number of carbonyl (C=O) groups is 2. The molecule has 5 heteroatoms. The zero-order valence-electron chi connectivity index (χ0n) is 17.0. The Kier molecular flexibility index (Phi) is 5.14. The average molecular weight is 401 g/mol. The molecule has 4 rings (SSSR count). The van der Waals surface area contributed by atoms with Gasteiger partial charge in [-0.15, -0.1) is 0 Å². The highest BCUT2D eigenvalue weighted by Gasteiger charge is 2.50. The molecule has 0 spiro atoms. The van der Waals surface area contributed by atoms with Crippen LogP contribution in [0.2, 0.25) is 0 Å². The number of ketones is 1. The molecule has 5 nitrogen and oxygen atoms in total. The Balaban J connectivity index is 1.63. The fraction of sp³-hybridized carbons (Fsp3) is 0.200. The van der Waals surface area contributed by atoms with Gasteiger partial charge in [-0.3, -0.25) is 9.59 Å². The first kappa shape index (κ1) is 19.9. The lowest BCUT2D eigenvalue weighted by Gasteiger charge is -2.23. The van der Waals surface area contributed by atoms with Crippen molar-refractivity contribution < 1.29 is 19.1 Å². The second-order valence-electron chi connectivity index (χ2n) is 7.69. The summed E-state index contributed by atoms with van der Waals surface area (Å²) in [6.45, 7) is 4.33. The maximum Gasteiger partial charge on any atom is 0.264 e. The third-order valence-electron chi connectivity index (χ3n) is 5.48. The van der Waals surface area contributed by atoms with Crippen molar-refractivity contribution >= 4 is 23.5 Å². The Morgan fingerprint density at radius 3 is 2.70 bits per heavy atom. The van der Waals surface area contributed by atoms with Crippen LogP contribution >= 0.6 is 0 Å². The third-order valence-corrected chi connectivity index (χ3v) is 5.48. The van der Waals surface area contributed by atoms with Crippen molar-refractivity contribution in [2.45, 2.75) is 32.4 Å². The fourth-order valence-electron chi connectivity index (χ4n) is 3.85. The van der Waals surface area contributed by atoms with Gasteiger partial charge in [0.2, 0.25) is 0 Å². The lowest BCUT2D eigenvalue weighted by Crippen LogP contribution is -2.41. The van der Waals surface area contributed by atoms with E-state index in [9.17, 15) is 14.7 Å². The molecule has 1 aliphatic rings. The number of anilines is 1. The molecule has 1 unspecified atom stereocenters. The smallest absolute Gasteiger partial charge is 0.264 e. The molecule has 1 amide bonds. The minimum atomic E-state index is -1.89. The second-order valence-corrected chi connectivity index (χ2v) is 7.69. The van der Waals surface area contributed by atoms with Crippen molar-refractivity contribution in [3.8, 4) is 0 Å². The minimum absolute atomic E-state index is 0.330. The third kappa shape index (κ3) is 3.60. The Bertz CT molecular complexity index is 1130. The summed E-state index contributed by atoms with van der Waals surface area (Å²) in [6, 6.07) is 16.6. The van der Waals surface area contributed by atoms with E-state index in [0.717, 1.165) is 16.7 Å². The number of allylic oxidation sites excluding steroid dienone is 1. The Morgan fingerprint density at radius 1 is 1.13 bits per heavy atom. The summed E-state index contributed by atoms with van der Waals surface area (Å²) in [5, 5.41) is 11.3. The van der Waals surface area contributed by atoms with Crippen molar-refractivity contribution in [1.82, 2.24) is 0 Å². The largest absolute Gasteiger partial charge is 0.465 e. The predicted molar refractivity (Wildman–Crippen MR) is 115 cm³/mol. The van der Waals surface area contributed by atoms with E-state index < -0.39 is 11.5 Å². The number of hydrogen-bond acceptors (Lipinski definition) is 4. The van der Waals surface area contributed by atoms with Gasteiger partial charge in [0, 0.05) is 5.56 Å².